The summed E-state index contributed by atoms with van der Waals surface area (Å²) in [5.74, 6) is 0.525. The molecule has 0 aliphatic rings. The molecule has 0 saturated carbocycles. The fourth-order valence-electron chi connectivity index (χ4n) is 1.40. The first-order chi connectivity index (χ1) is 8.09. The Morgan fingerprint density at radius 3 is 3.00 bits per heavy atom. The van der Waals surface area contributed by atoms with E-state index in [4.69, 9.17) is 0 Å². The SMILES string of the molecule is Cc1c(CNc2nc[nH]c(=O)c2Br)cnn1C. The maximum atomic E-state index is 11.3. The van der Waals surface area contributed by atoms with Gasteiger partial charge in [-0.25, -0.2) is 4.98 Å². The summed E-state index contributed by atoms with van der Waals surface area (Å²) in [5.41, 5.74) is 1.95. The summed E-state index contributed by atoms with van der Waals surface area (Å²) in [6.07, 6.45) is 3.16. The van der Waals surface area contributed by atoms with E-state index in [9.17, 15) is 4.79 Å². The molecule has 0 atom stereocenters. The van der Waals surface area contributed by atoms with Gasteiger partial charge in [0.15, 0.2) is 0 Å². The third kappa shape index (κ3) is 2.38. The molecular weight excluding hydrogens is 286 g/mol. The Labute approximate surface area is 106 Å². The Kier molecular flexibility index (Phi) is 3.28. The van der Waals surface area contributed by atoms with Gasteiger partial charge in [-0.3, -0.25) is 9.48 Å². The number of hydrogen-bond acceptors (Lipinski definition) is 4. The third-order valence-corrected chi connectivity index (χ3v) is 3.32. The smallest absolute Gasteiger partial charge is 0.267 e. The van der Waals surface area contributed by atoms with E-state index in [0.29, 0.717) is 16.8 Å². The molecule has 0 unspecified atom stereocenters. The molecule has 2 aromatic rings. The minimum atomic E-state index is -0.203. The van der Waals surface area contributed by atoms with E-state index >= 15 is 0 Å². The lowest BCUT2D eigenvalue weighted by Gasteiger charge is -2.06. The van der Waals surface area contributed by atoms with Crippen LogP contribution in [0.2, 0.25) is 0 Å². The molecule has 0 fully saturated rings. The van der Waals surface area contributed by atoms with Gasteiger partial charge in [-0.2, -0.15) is 5.10 Å². The molecule has 2 rings (SSSR count). The minimum absolute atomic E-state index is 0.203. The van der Waals surface area contributed by atoms with Crippen molar-refractivity contribution < 1.29 is 0 Å². The molecule has 0 spiro atoms. The van der Waals surface area contributed by atoms with Gasteiger partial charge >= 0.3 is 0 Å². The van der Waals surface area contributed by atoms with Crippen LogP contribution in [0.1, 0.15) is 11.3 Å². The van der Waals surface area contributed by atoms with Crippen LogP contribution in [-0.4, -0.2) is 19.7 Å². The second kappa shape index (κ2) is 4.70. The van der Waals surface area contributed by atoms with E-state index in [1.807, 2.05) is 14.0 Å². The van der Waals surface area contributed by atoms with Crippen molar-refractivity contribution in [2.45, 2.75) is 13.5 Å². The molecule has 7 heteroatoms. The first-order valence-corrected chi connectivity index (χ1v) is 5.83. The zero-order chi connectivity index (χ0) is 12.4. The number of nitrogens with zero attached hydrogens (tertiary/aromatic N) is 3. The van der Waals surface area contributed by atoms with Crippen molar-refractivity contribution >= 4 is 21.7 Å². The number of rotatable bonds is 3. The number of nitrogens with one attached hydrogen (secondary N) is 2. The highest BCUT2D eigenvalue weighted by atomic mass is 79.9. The topological polar surface area (TPSA) is 75.6 Å². The molecule has 0 saturated heterocycles. The van der Waals surface area contributed by atoms with Gasteiger partial charge in [0.1, 0.15) is 10.3 Å². The quantitative estimate of drug-likeness (QED) is 0.892. The van der Waals surface area contributed by atoms with Gasteiger partial charge in [0, 0.05) is 24.8 Å². The maximum Gasteiger partial charge on any atom is 0.267 e. The van der Waals surface area contributed by atoms with Gasteiger partial charge in [-0.1, -0.05) is 0 Å². The van der Waals surface area contributed by atoms with Crippen LogP contribution < -0.4 is 10.9 Å². The standard InChI is InChI=1S/C10H12BrN5O/c1-6-7(4-15-16(6)2)3-12-9-8(11)10(17)14-5-13-9/h4-5H,3H2,1-2H3,(H2,12,13,14,17). The van der Waals surface area contributed by atoms with Gasteiger partial charge in [0.05, 0.1) is 12.5 Å². The molecular formula is C10H12BrN5O. The zero-order valence-corrected chi connectivity index (χ0v) is 11.1. The minimum Gasteiger partial charge on any atom is -0.365 e. The first-order valence-electron chi connectivity index (χ1n) is 5.04. The van der Waals surface area contributed by atoms with E-state index in [1.54, 1.807) is 10.9 Å². The Bertz CT molecular complexity index is 589. The van der Waals surface area contributed by atoms with Crippen LogP contribution in [0, 0.1) is 6.92 Å². The molecule has 0 aliphatic heterocycles. The lowest BCUT2D eigenvalue weighted by atomic mass is 10.2. The molecule has 0 aliphatic carbocycles. The Balaban J connectivity index is 2.15. The average molecular weight is 298 g/mol. The number of aromatic nitrogens is 4. The second-order valence-electron chi connectivity index (χ2n) is 3.63. The summed E-state index contributed by atoms with van der Waals surface area (Å²) in [7, 11) is 1.89. The Hall–Kier alpha value is -1.63. The number of aryl methyl sites for hydroxylation is 1. The molecule has 2 N–H and O–H groups in total. The maximum absolute atomic E-state index is 11.3. The van der Waals surface area contributed by atoms with Crippen molar-refractivity contribution in [1.82, 2.24) is 19.7 Å². The fraction of sp³-hybridized carbons (Fsp3) is 0.300. The molecule has 6 nitrogen and oxygen atoms in total. The lowest BCUT2D eigenvalue weighted by molar-refractivity contribution is 0.738. The first kappa shape index (κ1) is 11.8. The largest absolute Gasteiger partial charge is 0.365 e. The number of H-pyrrole nitrogens is 1. The molecule has 0 bridgehead atoms. The van der Waals surface area contributed by atoms with Gasteiger partial charge < -0.3 is 10.3 Å². The number of aromatic amines is 1. The van der Waals surface area contributed by atoms with Crippen LogP contribution in [0.5, 0.6) is 0 Å². The summed E-state index contributed by atoms with van der Waals surface area (Å²) in [6.45, 7) is 2.57. The van der Waals surface area contributed by atoms with Gasteiger partial charge in [0.25, 0.3) is 5.56 Å². The Morgan fingerprint density at radius 2 is 2.35 bits per heavy atom. The molecule has 17 heavy (non-hydrogen) atoms. The second-order valence-corrected chi connectivity index (χ2v) is 4.42. The monoisotopic (exact) mass is 297 g/mol. The normalized spacial score (nSPS) is 10.5. The molecule has 0 aromatic carbocycles. The third-order valence-electron chi connectivity index (χ3n) is 2.58. The van der Waals surface area contributed by atoms with Crippen molar-refractivity contribution in [2.75, 3.05) is 5.32 Å². The highest BCUT2D eigenvalue weighted by molar-refractivity contribution is 9.10. The van der Waals surface area contributed by atoms with Crippen LogP contribution >= 0.6 is 15.9 Å². The Morgan fingerprint density at radius 1 is 1.59 bits per heavy atom. The summed E-state index contributed by atoms with van der Waals surface area (Å²) in [6, 6.07) is 0. The number of halogens is 1. The molecule has 0 amide bonds. The van der Waals surface area contributed by atoms with Gasteiger partial charge in [-0.15, -0.1) is 0 Å². The number of hydrogen-bond donors (Lipinski definition) is 2. The number of anilines is 1. The van der Waals surface area contributed by atoms with E-state index in [1.165, 1.54) is 6.33 Å². The van der Waals surface area contributed by atoms with Gasteiger partial charge in [0.2, 0.25) is 0 Å². The zero-order valence-electron chi connectivity index (χ0n) is 9.49. The molecule has 2 aromatic heterocycles. The van der Waals surface area contributed by atoms with E-state index < -0.39 is 0 Å². The molecule has 2 heterocycles. The van der Waals surface area contributed by atoms with E-state index in [0.717, 1.165) is 11.3 Å². The summed E-state index contributed by atoms with van der Waals surface area (Å²) >= 11 is 3.19. The van der Waals surface area contributed by atoms with Crippen molar-refractivity contribution in [3.05, 3.63) is 38.6 Å². The highest BCUT2D eigenvalue weighted by Gasteiger charge is 2.07. The molecule has 0 radical (unpaired) electrons. The fourth-order valence-corrected chi connectivity index (χ4v) is 1.76. The van der Waals surface area contributed by atoms with Crippen LogP contribution in [0.3, 0.4) is 0 Å². The van der Waals surface area contributed by atoms with E-state index in [-0.39, 0.29) is 5.56 Å². The van der Waals surface area contributed by atoms with Crippen LogP contribution in [0.25, 0.3) is 0 Å². The summed E-state index contributed by atoms with van der Waals surface area (Å²) < 4.78 is 2.21. The van der Waals surface area contributed by atoms with Crippen LogP contribution in [0.4, 0.5) is 5.82 Å². The van der Waals surface area contributed by atoms with Crippen molar-refractivity contribution in [3.8, 4) is 0 Å². The van der Waals surface area contributed by atoms with Crippen molar-refractivity contribution in [2.24, 2.45) is 7.05 Å². The van der Waals surface area contributed by atoms with Crippen LogP contribution in [0.15, 0.2) is 21.8 Å². The lowest BCUT2D eigenvalue weighted by Crippen LogP contribution is -2.12. The van der Waals surface area contributed by atoms with Gasteiger partial charge in [-0.05, 0) is 22.9 Å². The predicted molar refractivity (Wildman–Crippen MR) is 67.8 cm³/mol. The highest BCUT2D eigenvalue weighted by Crippen LogP contribution is 2.15. The van der Waals surface area contributed by atoms with Crippen molar-refractivity contribution in [3.63, 3.8) is 0 Å². The van der Waals surface area contributed by atoms with E-state index in [2.05, 4.69) is 36.3 Å². The van der Waals surface area contributed by atoms with Crippen LogP contribution in [-0.2, 0) is 13.6 Å². The molecule has 90 valence electrons. The average Bonchev–Trinajstić information content (AvgIpc) is 2.62. The van der Waals surface area contributed by atoms with Crippen molar-refractivity contribution in [1.29, 1.82) is 0 Å². The predicted octanol–water partition coefficient (Wildman–Crippen LogP) is 1.19. The summed E-state index contributed by atoms with van der Waals surface area (Å²) in [4.78, 5) is 17.9. The summed E-state index contributed by atoms with van der Waals surface area (Å²) in [5, 5.41) is 7.24.